The fourth-order valence-corrected chi connectivity index (χ4v) is 1.82. The van der Waals surface area contributed by atoms with E-state index in [9.17, 15) is 4.79 Å². The third-order valence-corrected chi connectivity index (χ3v) is 2.93. The van der Waals surface area contributed by atoms with E-state index < -0.39 is 0 Å². The highest BCUT2D eigenvalue weighted by Crippen LogP contribution is 2.13. The van der Waals surface area contributed by atoms with Crippen molar-refractivity contribution in [1.82, 2.24) is 5.32 Å². The largest absolute Gasteiger partial charge is 0.399 e. The normalized spacial score (nSPS) is 10.5. The lowest BCUT2D eigenvalue weighted by atomic mass is 10.1. The predicted molar refractivity (Wildman–Crippen MR) is 75.2 cm³/mol. The number of nitrogen functional groups attached to an aromatic ring is 1. The maximum atomic E-state index is 10.5. The first-order valence-corrected chi connectivity index (χ1v) is 6.43. The van der Waals surface area contributed by atoms with Gasteiger partial charge in [0.15, 0.2) is 0 Å². The zero-order valence-corrected chi connectivity index (χ0v) is 11.0. The van der Waals surface area contributed by atoms with Crippen LogP contribution in [0.5, 0.6) is 0 Å². The van der Waals surface area contributed by atoms with Crippen LogP contribution in [0.4, 0.5) is 5.69 Å². The molecule has 0 saturated carbocycles. The Labute approximate surface area is 109 Å². The van der Waals surface area contributed by atoms with Crippen molar-refractivity contribution in [3.05, 3.63) is 29.3 Å². The first-order chi connectivity index (χ1) is 8.59. The van der Waals surface area contributed by atoms with Crippen LogP contribution in [0.2, 0.25) is 0 Å². The van der Waals surface area contributed by atoms with Gasteiger partial charge in [-0.3, -0.25) is 4.79 Å². The minimum atomic E-state index is -0.228. The second-order valence-electron chi connectivity index (χ2n) is 4.61. The van der Waals surface area contributed by atoms with Gasteiger partial charge in [0.05, 0.1) is 0 Å². The van der Waals surface area contributed by atoms with E-state index in [1.54, 1.807) is 0 Å². The number of primary amides is 1. The summed E-state index contributed by atoms with van der Waals surface area (Å²) in [5.74, 6) is -0.228. The summed E-state index contributed by atoms with van der Waals surface area (Å²) < 4.78 is 0. The molecule has 0 aliphatic heterocycles. The third kappa shape index (κ3) is 5.68. The average molecular weight is 249 g/mol. The number of hydrogen-bond donors (Lipinski definition) is 3. The molecule has 4 heteroatoms. The van der Waals surface area contributed by atoms with Gasteiger partial charge in [-0.05, 0) is 56.5 Å². The molecule has 0 aliphatic rings. The van der Waals surface area contributed by atoms with Crippen LogP contribution in [-0.2, 0) is 11.2 Å². The number of nitrogens with one attached hydrogen (secondary N) is 1. The number of carbonyl (C=O) groups is 1. The zero-order chi connectivity index (χ0) is 13.4. The predicted octanol–water partition coefficient (Wildman–Crippen LogP) is 1.36. The van der Waals surface area contributed by atoms with E-state index in [1.807, 2.05) is 13.0 Å². The Morgan fingerprint density at radius 1 is 1.28 bits per heavy atom. The monoisotopic (exact) mass is 249 g/mol. The van der Waals surface area contributed by atoms with Crippen LogP contribution in [0.15, 0.2) is 18.2 Å². The first-order valence-electron chi connectivity index (χ1n) is 6.43. The van der Waals surface area contributed by atoms with Crippen molar-refractivity contribution >= 4 is 11.6 Å². The Morgan fingerprint density at radius 2 is 2.00 bits per heavy atom. The minimum Gasteiger partial charge on any atom is -0.399 e. The van der Waals surface area contributed by atoms with E-state index in [0.29, 0.717) is 6.42 Å². The van der Waals surface area contributed by atoms with Gasteiger partial charge in [0.2, 0.25) is 5.91 Å². The number of amides is 1. The van der Waals surface area contributed by atoms with Gasteiger partial charge in [0.25, 0.3) is 0 Å². The average Bonchev–Trinajstić information content (AvgIpc) is 2.32. The SMILES string of the molecule is Cc1cc(CCCNCCCC(N)=O)ccc1N. The van der Waals surface area contributed by atoms with E-state index in [0.717, 1.165) is 43.6 Å². The molecule has 4 nitrogen and oxygen atoms in total. The number of rotatable bonds is 8. The molecule has 0 saturated heterocycles. The van der Waals surface area contributed by atoms with Gasteiger partial charge in [0.1, 0.15) is 0 Å². The summed E-state index contributed by atoms with van der Waals surface area (Å²) in [6.07, 6.45) is 3.41. The van der Waals surface area contributed by atoms with E-state index >= 15 is 0 Å². The van der Waals surface area contributed by atoms with Gasteiger partial charge >= 0.3 is 0 Å². The molecular weight excluding hydrogens is 226 g/mol. The van der Waals surface area contributed by atoms with Crippen molar-refractivity contribution < 1.29 is 4.79 Å². The summed E-state index contributed by atoms with van der Waals surface area (Å²) in [6.45, 7) is 3.84. The van der Waals surface area contributed by atoms with Crippen LogP contribution in [0.25, 0.3) is 0 Å². The highest BCUT2D eigenvalue weighted by molar-refractivity contribution is 5.73. The lowest BCUT2D eigenvalue weighted by molar-refractivity contribution is -0.118. The molecule has 0 radical (unpaired) electrons. The smallest absolute Gasteiger partial charge is 0.217 e. The van der Waals surface area contributed by atoms with Gasteiger partial charge in [-0.25, -0.2) is 0 Å². The number of anilines is 1. The highest BCUT2D eigenvalue weighted by atomic mass is 16.1. The van der Waals surface area contributed by atoms with Gasteiger partial charge in [-0.1, -0.05) is 12.1 Å². The molecule has 0 aromatic heterocycles. The summed E-state index contributed by atoms with van der Waals surface area (Å²) in [7, 11) is 0. The molecule has 1 aromatic carbocycles. The van der Waals surface area contributed by atoms with Gasteiger partial charge < -0.3 is 16.8 Å². The van der Waals surface area contributed by atoms with Crippen LogP contribution in [0.3, 0.4) is 0 Å². The maximum absolute atomic E-state index is 10.5. The molecule has 1 amide bonds. The first kappa shape index (κ1) is 14.5. The van der Waals surface area contributed by atoms with Crippen LogP contribution >= 0.6 is 0 Å². The highest BCUT2D eigenvalue weighted by Gasteiger charge is 1.97. The minimum absolute atomic E-state index is 0.228. The van der Waals surface area contributed by atoms with Crippen molar-refractivity contribution in [2.75, 3.05) is 18.8 Å². The Morgan fingerprint density at radius 3 is 2.67 bits per heavy atom. The molecule has 1 aromatic rings. The van der Waals surface area contributed by atoms with Crippen molar-refractivity contribution in [2.24, 2.45) is 5.73 Å². The molecule has 0 spiro atoms. The van der Waals surface area contributed by atoms with E-state index in [-0.39, 0.29) is 5.91 Å². The molecule has 0 aliphatic carbocycles. The molecule has 0 heterocycles. The Hall–Kier alpha value is -1.55. The quantitative estimate of drug-likeness (QED) is 0.480. The van der Waals surface area contributed by atoms with Crippen molar-refractivity contribution in [1.29, 1.82) is 0 Å². The number of carbonyl (C=O) groups excluding carboxylic acids is 1. The van der Waals surface area contributed by atoms with Crippen molar-refractivity contribution in [3.8, 4) is 0 Å². The van der Waals surface area contributed by atoms with E-state index in [4.69, 9.17) is 11.5 Å². The topological polar surface area (TPSA) is 81.1 Å². The molecule has 1 rings (SSSR count). The summed E-state index contributed by atoms with van der Waals surface area (Å²) in [5.41, 5.74) is 14.1. The fraction of sp³-hybridized carbons (Fsp3) is 0.500. The maximum Gasteiger partial charge on any atom is 0.217 e. The molecule has 0 atom stereocenters. The molecule has 100 valence electrons. The van der Waals surface area contributed by atoms with Crippen LogP contribution in [0.1, 0.15) is 30.4 Å². The zero-order valence-electron chi connectivity index (χ0n) is 11.0. The van der Waals surface area contributed by atoms with Gasteiger partial charge in [-0.2, -0.15) is 0 Å². The van der Waals surface area contributed by atoms with E-state index in [1.165, 1.54) is 5.56 Å². The summed E-state index contributed by atoms with van der Waals surface area (Å²) in [5, 5.41) is 3.30. The third-order valence-electron chi connectivity index (χ3n) is 2.93. The molecule has 0 unspecified atom stereocenters. The summed E-state index contributed by atoms with van der Waals surface area (Å²) in [6, 6.07) is 6.18. The van der Waals surface area contributed by atoms with Crippen LogP contribution < -0.4 is 16.8 Å². The Bertz CT molecular complexity index is 391. The van der Waals surface area contributed by atoms with Crippen molar-refractivity contribution in [2.45, 2.75) is 32.6 Å². The number of aryl methyl sites for hydroxylation is 2. The Balaban J connectivity index is 2.10. The number of nitrogens with two attached hydrogens (primary N) is 2. The lowest BCUT2D eigenvalue weighted by Gasteiger charge is -2.06. The lowest BCUT2D eigenvalue weighted by Crippen LogP contribution is -2.19. The molecular formula is C14H23N3O. The fourth-order valence-electron chi connectivity index (χ4n) is 1.82. The van der Waals surface area contributed by atoms with Crippen LogP contribution in [0, 0.1) is 6.92 Å². The molecule has 0 fully saturated rings. The van der Waals surface area contributed by atoms with E-state index in [2.05, 4.69) is 17.4 Å². The molecule has 0 bridgehead atoms. The Kier molecular flexibility index (Phi) is 6.22. The van der Waals surface area contributed by atoms with Gasteiger partial charge in [-0.15, -0.1) is 0 Å². The molecule has 5 N–H and O–H groups in total. The van der Waals surface area contributed by atoms with Crippen LogP contribution in [-0.4, -0.2) is 19.0 Å². The second-order valence-corrected chi connectivity index (χ2v) is 4.61. The number of hydrogen-bond acceptors (Lipinski definition) is 3. The summed E-state index contributed by atoms with van der Waals surface area (Å²) >= 11 is 0. The van der Waals surface area contributed by atoms with Gasteiger partial charge in [0, 0.05) is 12.1 Å². The van der Waals surface area contributed by atoms with Crippen molar-refractivity contribution in [3.63, 3.8) is 0 Å². The number of benzene rings is 1. The summed E-state index contributed by atoms with van der Waals surface area (Å²) in [4.78, 5) is 10.5. The second kappa shape index (κ2) is 7.71. The molecule has 18 heavy (non-hydrogen) atoms. The standard InChI is InChI=1S/C14H23N3O/c1-11-10-12(6-7-13(11)15)4-2-8-17-9-3-5-14(16)18/h6-7,10,17H,2-5,8-9,15H2,1H3,(H2,16,18).